The monoisotopic (exact) mass is 377 g/mol. The molecule has 2 aliphatic heterocycles. The molecule has 9 heteroatoms. The van der Waals surface area contributed by atoms with Crippen LogP contribution < -0.4 is 0 Å². The molecule has 0 aromatic carbocycles. The Labute approximate surface area is 145 Å². The Morgan fingerprint density at radius 3 is 2.13 bits per heavy atom. The van der Waals surface area contributed by atoms with Crippen molar-refractivity contribution in [1.29, 1.82) is 0 Å². The Hall–Kier alpha value is -1.39. The summed E-state index contributed by atoms with van der Waals surface area (Å²) in [5, 5.41) is 25.0. The van der Waals surface area contributed by atoms with E-state index < -0.39 is 18.0 Å². The molecular formula is C14H26CoN2O6+2. The van der Waals surface area contributed by atoms with E-state index in [1.165, 1.54) is 6.08 Å². The number of carbonyl (C=O) groups is 2. The molecule has 0 bridgehead atoms. The predicted molar refractivity (Wildman–Crippen MR) is 85.5 cm³/mol. The van der Waals surface area contributed by atoms with Crippen LogP contribution in [0.2, 0.25) is 0 Å². The molecule has 8 N–H and O–H groups in total. The Kier molecular flexibility index (Phi) is 15.1. The number of nitrogens with zero attached hydrogens (tertiary/aromatic N) is 2. The van der Waals surface area contributed by atoms with Crippen LogP contribution in [0.15, 0.2) is 23.9 Å². The third-order valence-corrected chi connectivity index (χ3v) is 3.02. The van der Waals surface area contributed by atoms with Crippen molar-refractivity contribution in [3.63, 3.8) is 0 Å². The first-order valence-electron chi connectivity index (χ1n) is 6.65. The maximum atomic E-state index is 10.4. The van der Waals surface area contributed by atoms with Crippen LogP contribution in [-0.4, -0.2) is 40.3 Å². The van der Waals surface area contributed by atoms with E-state index >= 15 is 0 Å². The quantitative estimate of drug-likeness (QED) is 0.680. The molecule has 2 rings (SSSR count). The molecule has 1 radical (unpaired) electrons. The van der Waals surface area contributed by atoms with Crippen LogP contribution in [0.1, 0.15) is 33.1 Å². The average molecular weight is 377 g/mol. The van der Waals surface area contributed by atoms with Crippen LogP contribution in [0, 0.1) is 0 Å². The van der Waals surface area contributed by atoms with Gasteiger partial charge < -0.3 is 31.8 Å². The van der Waals surface area contributed by atoms with Gasteiger partial charge in [-0.1, -0.05) is 57.0 Å². The van der Waals surface area contributed by atoms with Gasteiger partial charge in [-0.3, -0.25) is 4.79 Å². The Balaban J connectivity index is -0.000000308. The minimum Gasteiger partial charge on any atom is -0.673 e. The summed E-state index contributed by atoms with van der Waals surface area (Å²) in [6.07, 6.45) is 7.81. The first-order chi connectivity index (χ1) is 9.40. The normalized spacial score (nSPS) is 24.8. The predicted octanol–water partition coefficient (Wildman–Crippen LogP) is 0.826. The number of rotatable bonds is 2. The number of allylic oxidation sites excluding steroid dienone is 2. The molecule has 8 nitrogen and oxygen atoms in total. The summed E-state index contributed by atoms with van der Waals surface area (Å²) in [5.74, 6) is -1.73. The molecule has 3 unspecified atom stereocenters. The molecule has 0 aliphatic carbocycles. The zero-order chi connectivity index (χ0) is 15.1. The van der Waals surface area contributed by atoms with Gasteiger partial charge in [-0.15, -0.1) is 12.1 Å². The van der Waals surface area contributed by atoms with Crippen LogP contribution in [0.5, 0.6) is 0 Å². The molecule has 2 heterocycles. The molecule has 135 valence electrons. The molecule has 0 saturated carbocycles. The van der Waals surface area contributed by atoms with E-state index in [0.29, 0.717) is 0 Å². The Morgan fingerprint density at radius 2 is 1.78 bits per heavy atom. The number of carboxylic acid groups (broad SMARTS) is 2. The molecule has 0 aromatic heterocycles. The molecule has 0 amide bonds. The third kappa shape index (κ3) is 10.1. The van der Waals surface area contributed by atoms with E-state index in [2.05, 4.69) is 10.6 Å². The molecule has 1 saturated heterocycles. The fraction of sp³-hybridized carbons (Fsp3) is 0.571. The van der Waals surface area contributed by atoms with Crippen LogP contribution in [0.3, 0.4) is 0 Å². The Morgan fingerprint density at radius 1 is 1.17 bits per heavy atom. The summed E-state index contributed by atoms with van der Waals surface area (Å²) < 4.78 is 0. The van der Waals surface area contributed by atoms with Crippen LogP contribution >= 0.6 is 0 Å². The summed E-state index contributed by atoms with van der Waals surface area (Å²) in [5.41, 5.74) is 0.134. The number of aliphatic carboxylic acids is 2. The smallest absolute Gasteiger partial charge is 0.673 e. The average Bonchev–Trinajstić information content (AvgIpc) is 2.39. The van der Waals surface area contributed by atoms with Gasteiger partial charge >= 0.3 is 22.7 Å². The van der Waals surface area contributed by atoms with E-state index in [0.717, 1.165) is 19.3 Å². The van der Waals surface area contributed by atoms with Gasteiger partial charge in [-0.25, -0.2) is 4.79 Å². The first-order valence-corrected chi connectivity index (χ1v) is 6.65. The topological polar surface area (TPSA) is 169 Å². The summed E-state index contributed by atoms with van der Waals surface area (Å²) >= 11 is 0. The van der Waals surface area contributed by atoms with Gasteiger partial charge in [0, 0.05) is 0 Å². The molecule has 1 fully saturated rings. The van der Waals surface area contributed by atoms with Crippen molar-refractivity contribution < 1.29 is 47.5 Å². The second-order valence-electron chi connectivity index (χ2n) is 4.89. The third-order valence-electron chi connectivity index (χ3n) is 3.02. The van der Waals surface area contributed by atoms with E-state index in [9.17, 15) is 9.59 Å². The minimum atomic E-state index is -0.962. The number of piperidine rings is 1. The number of carboxylic acids is 2. The largest absolute Gasteiger partial charge is 2.00 e. The van der Waals surface area contributed by atoms with Gasteiger partial charge in [0.2, 0.25) is 0 Å². The standard InChI is InChI=1S/C7H12NO2.C7H8NO2.Co.2H2O/c2*1-5-3-2-4-6(8-5)7(9)10;;;/h5-6H,2-4H2,1H3,(H,9,10);2-5H,1H3,(H,9,10);;2*1H2/q2*-1;+2;;/p+2. The summed E-state index contributed by atoms with van der Waals surface area (Å²) in [6, 6.07) is -0.185. The molecule has 2 aliphatic rings. The fourth-order valence-electron chi connectivity index (χ4n) is 1.99. The fourth-order valence-corrected chi connectivity index (χ4v) is 1.99. The number of hydrogen-bond donors (Lipinski definition) is 2. The van der Waals surface area contributed by atoms with Crippen molar-refractivity contribution in [3.05, 3.63) is 34.6 Å². The Bertz CT molecular complexity index is 427. The van der Waals surface area contributed by atoms with Crippen molar-refractivity contribution in [3.8, 4) is 0 Å². The first kappa shape index (κ1) is 26.5. The SMILES string of the molecule is CC1C=CC=C(C(=O)O)[N-]1.CC1CCCC(C(=O)O)[N-]1.[Co+2].[OH3+].[OH3+]. The molecular weight excluding hydrogens is 351 g/mol. The summed E-state index contributed by atoms with van der Waals surface area (Å²) in [6.45, 7) is 3.81. The van der Waals surface area contributed by atoms with Crippen molar-refractivity contribution in [1.82, 2.24) is 0 Å². The van der Waals surface area contributed by atoms with Crippen molar-refractivity contribution in [2.24, 2.45) is 0 Å². The minimum absolute atomic E-state index is 0. The van der Waals surface area contributed by atoms with Gasteiger partial charge in [-0.05, 0) is 6.04 Å². The van der Waals surface area contributed by atoms with Gasteiger partial charge in [0.25, 0.3) is 5.97 Å². The van der Waals surface area contributed by atoms with E-state index in [1.807, 2.05) is 19.9 Å². The second-order valence-corrected chi connectivity index (χ2v) is 4.89. The van der Waals surface area contributed by atoms with E-state index in [4.69, 9.17) is 10.2 Å². The maximum absolute atomic E-state index is 10.4. The zero-order valence-corrected chi connectivity index (χ0v) is 14.2. The van der Waals surface area contributed by atoms with E-state index in [1.54, 1.807) is 6.08 Å². The summed E-state index contributed by atoms with van der Waals surface area (Å²) in [7, 11) is 0. The van der Waals surface area contributed by atoms with Crippen molar-refractivity contribution >= 4 is 11.9 Å². The summed E-state index contributed by atoms with van der Waals surface area (Å²) in [4.78, 5) is 20.7. The van der Waals surface area contributed by atoms with Gasteiger partial charge in [0.1, 0.15) is 0 Å². The van der Waals surface area contributed by atoms with Gasteiger partial charge in [-0.2, -0.15) is 0 Å². The molecule has 0 aromatic rings. The van der Waals surface area contributed by atoms with Crippen LogP contribution in [0.4, 0.5) is 0 Å². The second kappa shape index (κ2) is 13.1. The van der Waals surface area contributed by atoms with Crippen molar-refractivity contribution in [2.45, 2.75) is 51.2 Å². The van der Waals surface area contributed by atoms with Crippen LogP contribution in [-0.2, 0) is 37.3 Å². The number of hydrogen-bond acceptors (Lipinski definition) is 2. The molecule has 23 heavy (non-hydrogen) atoms. The van der Waals surface area contributed by atoms with Gasteiger partial charge in [0.15, 0.2) is 0 Å². The van der Waals surface area contributed by atoms with Crippen LogP contribution in [0.25, 0.3) is 10.6 Å². The maximum Gasteiger partial charge on any atom is 2.00 e. The van der Waals surface area contributed by atoms with E-state index in [-0.39, 0.29) is 45.5 Å². The molecule has 0 spiro atoms. The van der Waals surface area contributed by atoms with Crippen molar-refractivity contribution in [2.75, 3.05) is 0 Å². The molecule has 3 atom stereocenters. The van der Waals surface area contributed by atoms with Gasteiger partial charge in [0.05, 0.1) is 0 Å². The zero-order valence-electron chi connectivity index (χ0n) is 13.2.